The summed E-state index contributed by atoms with van der Waals surface area (Å²) in [7, 11) is 0. The van der Waals surface area contributed by atoms with Gasteiger partial charge < -0.3 is 10.1 Å². The van der Waals surface area contributed by atoms with Crippen LogP contribution in [0.2, 0.25) is 0 Å². The van der Waals surface area contributed by atoms with Crippen molar-refractivity contribution in [2.75, 3.05) is 11.9 Å². The van der Waals surface area contributed by atoms with Crippen LogP contribution in [-0.2, 0) is 4.79 Å². The van der Waals surface area contributed by atoms with Crippen molar-refractivity contribution in [3.8, 4) is 5.75 Å². The van der Waals surface area contributed by atoms with E-state index in [0.29, 0.717) is 6.61 Å². The molecule has 21 heavy (non-hydrogen) atoms. The van der Waals surface area contributed by atoms with E-state index in [2.05, 4.69) is 27.9 Å². The Kier molecular flexibility index (Phi) is 5.80. The fourth-order valence-corrected chi connectivity index (χ4v) is 2.15. The van der Waals surface area contributed by atoms with Crippen molar-refractivity contribution in [1.82, 2.24) is 0 Å². The molecule has 0 saturated carbocycles. The van der Waals surface area contributed by atoms with Crippen LogP contribution < -0.4 is 10.1 Å². The van der Waals surface area contributed by atoms with Gasteiger partial charge in [-0.25, -0.2) is 0 Å². The highest BCUT2D eigenvalue weighted by Crippen LogP contribution is 2.19. The van der Waals surface area contributed by atoms with Crippen LogP contribution in [0.5, 0.6) is 5.75 Å². The lowest BCUT2D eigenvalue weighted by molar-refractivity contribution is -0.111. The first-order valence-corrected chi connectivity index (χ1v) is 7.73. The van der Waals surface area contributed by atoms with E-state index in [1.165, 1.54) is 6.08 Å². The third-order valence-electron chi connectivity index (χ3n) is 2.74. The second kappa shape index (κ2) is 7.83. The summed E-state index contributed by atoms with van der Waals surface area (Å²) in [4.78, 5) is 11.9. The van der Waals surface area contributed by atoms with Gasteiger partial charge in [-0.2, -0.15) is 0 Å². The summed E-state index contributed by atoms with van der Waals surface area (Å²) < 4.78 is 6.65. The number of carbonyl (C=O) groups excluding carboxylic acids is 1. The van der Waals surface area contributed by atoms with Crippen molar-refractivity contribution < 1.29 is 9.53 Å². The molecule has 0 aliphatic heterocycles. The van der Waals surface area contributed by atoms with E-state index in [4.69, 9.17) is 4.74 Å². The average Bonchev–Trinajstić information content (AvgIpc) is 2.49. The number of hydrogen-bond acceptors (Lipinski definition) is 2. The van der Waals surface area contributed by atoms with Gasteiger partial charge in [0.1, 0.15) is 5.75 Å². The van der Waals surface area contributed by atoms with E-state index in [1.807, 2.05) is 55.5 Å². The van der Waals surface area contributed by atoms with Gasteiger partial charge in [-0.15, -0.1) is 0 Å². The standard InChI is InChI=1S/C17H16INO2/c1-2-21-16-6-4-3-5-13(16)7-12-17(20)19-15-10-8-14(18)9-11-15/h3-12H,2H2,1H3,(H,19,20)/b12-7+. The van der Waals surface area contributed by atoms with Gasteiger partial charge in [0.2, 0.25) is 5.91 Å². The molecule has 1 N–H and O–H groups in total. The van der Waals surface area contributed by atoms with Crippen LogP contribution in [0.1, 0.15) is 12.5 Å². The van der Waals surface area contributed by atoms with Gasteiger partial charge in [0.05, 0.1) is 6.61 Å². The number of nitrogens with one attached hydrogen (secondary N) is 1. The Morgan fingerprint density at radius 1 is 1.19 bits per heavy atom. The number of halogens is 1. The lowest BCUT2D eigenvalue weighted by atomic mass is 10.2. The molecule has 0 fully saturated rings. The maximum atomic E-state index is 11.9. The molecule has 4 heteroatoms. The largest absolute Gasteiger partial charge is 0.493 e. The van der Waals surface area contributed by atoms with Gasteiger partial charge in [-0.05, 0) is 65.9 Å². The van der Waals surface area contributed by atoms with E-state index in [1.54, 1.807) is 6.08 Å². The summed E-state index contributed by atoms with van der Waals surface area (Å²) in [5.41, 5.74) is 1.67. The Labute approximate surface area is 138 Å². The minimum absolute atomic E-state index is 0.164. The molecule has 0 saturated heterocycles. The zero-order valence-electron chi connectivity index (χ0n) is 11.7. The number of hydrogen-bond donors (Lipinski definition) is 1. The van der Waals surface area contributed by atoms with E-state index < -0.39 is 0 Å². The molecule has 3 nitrogen and oxygen atoms in total. The zero-order chi connectivity index (χ0) is 15.1. The molecular weight excluding hydrogens is 377 g/mol. The van der Waals surface area contributed by atoms with E-state index in [9.17, 15) is 4.79 Å². The molecule has 2 aromatic rings. The van der Waals surface area contributed by atoms with Crippen LogP contribution in [0, 0.1) is 3.57 Å². The topological polar surface area (TPSA) is 38.3 Å². The normalized spacial score (nSPS) is 10.6. The molecule has 2 rings (SSSR count). The molecule has 2 aromatic carbocycles. The minimum Gasteiger partial charge on any atom is -0.493 e. The van der Waals surface area contributed by atoms with Gasteiger partial charge >= 0.3 is 0 Å². The predicted molar refractivity (Wildman–Crippen MR) is 94.4 cm³/mol. The average molecular weight is 393 g/mol. The van der Waals surface area contributed by atoms with Gasteiger partial charge in [-0.1, -0.05) is 18.2 Å². The quantitative estimate of drug-likeness (QED) is 0.606. The SMILES string of the molecule is CCOc1ccccc1/C=C/C(=O)Nc1ccc(I)cc1. The molecule has 0 heterocycles. The maximum absolute atomic E-state index is 11.9. The smallest absolute Gasteiger partial charge is 0.248 e. The summed E-state index contributed by atoms with van der Waals surface area (Å²) >= 11 is 2.23. The lowest BCUT2D eigenvalue weighted by Crippen LogP contribution is -2.07. The van der Waals surface area contributed by atoms with Crippen molar-refractivity contribution >= 4 is 40.3 Å². The van der Waals surface area contributed by atoms with E-state index in [0.717, 1.165) is 20.6 Å². The molecule has 0 spiro atoms. The lowest BCUT2D eigenvalue weighted by Gasteiger charge is -2.06. The number of anilines is 1. The second-order valence-corrected chi connectivity index (χ2v) is 5.55. The molecule has 0 aromatic heterocycles. The first kappa shape index (κ1) is 15.6. The first-order valence-electron chi connectivity index (χ1n) is 6.65. The van der Waals surface area contributed by atoms with Crippen LogP contribution >= 0.6 is 22.6 Å². The molecule has 0 aliphatic rings. The number of benzene rings is 2. The molecular formula is C17H16INO2. The van der Waals surface area contributed by atoms with Crippen molar-refractivity contribution in [2.24, 2.45) is 0 Å². The fraction of sp³-hybridized carbons (Fsp3) is 0.118. The highest BCUT2D eigenvalue weighted by Gasteiger charge is 2.01. The van der Waals surface area contributed by atoms with Crippen molar-refractivity contribution in [3.63, 3.8) is 0 Å². The summed E-state index contributed by atoms with van der Waals surface area (Å²) in [5.74, 6) is 0.612. The molecule has 0 unspecified atom stereocenters. The van der Waals surface area contributed by atoms with E-state index >= 15 is 0 Å². The van der Waals surface area contributed by atoms with Crippen molar-refractivity contribution in [1.29, 1.82) is 0 Å². The van der Waals surface area contributed by atoms with Crippen molar-refractivity contribution in [3.05, 3.63) is 63.7 Å². The minimum atomic E-state index is -0.164. The Morgan fingerprint density at radius 2 is 1.90 bits per heavy atom. The third kappa shape index (κ3) is 4.90. The predicted octanol–water partition coefficient (Wildman–Crippen LogP) is 4.34. The number of amides is 1. The third-order valence-corrected chi connectivity index (χ3v) is 3.46. The molecule has 0 bridgehead atoms. The Bertz CT molecular complexity index is 635. The molecule has 0 radical (unpaired) electrons. The van der Waals surface area contributed by atoms with Gasteiger partial charge in [0.25, 0.3) is 0 Å². The highest BCUT2D eigenvalue weighted by molar-refractivity contribution is 14.1. The number of rotatable bonds is 5. The van der Waals surface area contributed by atoms with Gasteiger partial charge in [-0.3, -0.25) is 4.79 Å². The molecule has 0 atom stereocenters. The maximum Gasteiger partial charge on any atom is 0.248 e. The molecule has 1 amide bonds. The Balaban J connectivity index is 2.03. The highest BCUT2D eigenvalue weighted by atomic mass is 127. The molecule has 0 aliphatic carbocycles. The zero-order valence-corrected chi connectivity index (χ0v) is 13.8. The summed E-state index contributed by atoms with van der Waals surface area (Å²) in [5, 5.41) is 2.82. The Morgan fingerprint density at radius 3 is 2.62 bits per heavy atom. The fourth-order valence-electron chi connectivity index (χ4n) is 1.79. The number of carbonyl (C=O) groups is 1. The first-order chi connectivity index (χ1) is 10.2. The van der Waals surface area contributed by atoms with E-state index in [-0.39, 0.29) is 5.91 Å². The number of ether oxygens (including phenoxy) is 1. The van der Waals surface area contributed by atoms with Crippen LogP contribution in [0.25, 0.3) is 6.08 Å². The van der Waals surface area contributed by atoms with Crippen molar-refractivity contribution in [2.45, 2.75) is 6.92 Å². The van der Waals surface area contributed by atoms with Crippen LogP contribution in [0.15, 0.2) is 54.6 Å². The van der Waals surface area contributed by atoms with Gasteiger partial charge in [0.15, 0.2) is 0 Å². The Hall–Kier alpha value is -1.82. The molecule has 108 valence electrons. The van der Waals surface area contributed by atoms with Crippen LogP contribution in [0.4, 0.5) is 5.69 Å². The monoisotopic (exact) mass is 393 g/mol. The summed E-state index contributed by atoms with van der Waals surface area (Å²) in [6.07, 6.45) is 3.27. The number of para-hydroxylation sites is 1. The van der Waals surface area contributed by atoms with Crippen LogP contribution in [0.3, 0.4) is 0 Å². The summed E-state index contributed by atoms with van der Waals surface area (Å²) in [6.45, 7) is 2.53. The van der Waals surface area contributed by atoms with Crippen LogP contribution in [-0.4, -0.2) is 12.5 Å². The van der Waals surface area contributed by atoms with Gasteiger partial charge in [0, 0.05) is 20.9 Å². The second-order valence-electron chi connectivity index (χ2n) is 4.30. The summed E-state index contributed by atoms with van der Waals surface area (Å²) in [6, 6.07) is 15.3.